The van der Waals surface area contributed by atoms with Crippen molar-refractivity contribution in [3.05, 3.63) is 89.5 Å². The van der Waals surface area contributed by atoms with E-state index in [1.807, 2.05) is 6.92 Å². The Hall–Kier alpha value is -4.13. The van der Waals surface area contributed by atoms with Gasteiger partial charge in [-0.25, -0.2) is 4.79 Å². The summed E-state index contributed by atoms with van der Waals surface area (Å²) >= 11 is 0. The number of methoxy groups -OCH3 is 1. The Morgan fingerprint density at radius 1 is 0.774 bits per heavy atom. The normalized spacial score (nSPS) is 10.1. The van der Waals surface area contributed by atoms with Crippen molar-refractivity contribution in [3.63, 3.8) is 0 Å². The van der Waals surface area contributed by atoms with E-state index in [4.69, 9.17) is 4.74 Å². The first-order chi connectivity index (χ1) is 15.0. The van der Waals surface area contributed by atoms with Gasteiger partial charge in [0.15, 0.2) is 0 Å². The Morgan fingerprint density at radius 3 is 2.06 bits per heavy atom. The molecular weight excluding hydrogens is 396 g/mol. The summed E-state index contributed by atoms with van der Waals surface area (Å²) in [5, 5.41) is 5.56. The molecule has 3 aromatic carbocycles. The van der Waals surface area contributed by atoms with Gasteiger partial charge in [0.25, 0.3) is 11.8 Å². The van der Waals surface area contributed by atoms with Gasteiger partial charge in [-0.15, -0.1) is 0 Å². The Kier molecular flexibility index (Phi) is 7.01. The number of ether oxygens (including phenoxy) is 2. The number of carbonyl (C=O) groups is 3. The van der Waals surface area contributed by atoms with Crippen LogP contribution < -0.4 is 15.4 Å². The lowest BCUT2D eigenvalue weighted by Gasteiger charge is -2.12. The smallest absolute Gasteiger partial charge is 0.337 e. The van der Waals surface area contributed by atoms with Crippen LogP contribution in [0.15, 0.2) is 72.8 Å². The number of benzene rings is 3. The topological polar surface area (TPSA) is 93.7 Å². The van der Waals surface area contributed by atoms with Crippen molar-refractivity contribution in [3.8, 4) is 5.75 Å². The molecule has 0 atom stereocenters. The molecule has 0 radical (unpaired) electrons. The van der Waals surface area contributed by atoms with Crippen molar-refractivity contribution in [2.45, 2.75) is 6.92 Å². The van der Waals surface area contributed by atoms with Crippen LogP contribution in [0.3, 0.4) is 0 Å². The van der Waals surface area contributed by atoms with Crippen LogP contribution in [-0.2, 0) is 4.74 Å². The first-order valence-electron chi connectivity index (χ1n) is 9.64. The first-order valence-corrected chi connectivity index (χ1v) is 9.64. The molecular formula is C24H22N2O5. The minimum atomic E-state index is -0.483. The van der Waals surface area contributed by atoms with E-state index in [0.717, 1.165) is 0 Å². The molecule has 0 fully saturated rings. The number of esters is 1. The molecule has 3 aromatic rings. The number of anilines is 2. The molecule has 7 heteroatoms. The molecule has 158 valence electrons. The third-order valence-electron chi connectivity index (χ3n) is 4.41. The van der Waals surface area contributed by atoms with Gasteiger partial charge in [-0.1, -0.05) is 12.1 Å². The van der Waals surface area contributed by atoms with Crippen molar-refractivity contribution in [2.75, 3.05) is 24.4 Å². The SMILES string of the molecule is CCOc1ccc(NC(=O)c2ccccc2NC(=O)c2ccc(C(=O)OC)cc2)cc1. The molecule has 31 heavy (non-hydrogen) atoms. The zero-order valence-corrected chi connectivity index (χ0v) is 17.2. The Labute approximate surface area is 180 Å². The van der Waals surface area contributed by atoms with Gasteiger partial charge in [0.05, 0.1) is 30.5 Å². The fraction of sp³-hybridized carbons (Fsp3) is 0.125. The molecule has 0 aliphatic heterocycles. The van der Waals surface area contributed by atoms with E-state index in [-0.39, 0.29) is 5.91 Å². The maximum absolute atomic E-state index is 12.8. The van der Waals surface area contributed by atoms with Crippen LogP contribution >= 0.6 is 0 Å². The van der Waals surface area contributed by atoms with E-state index in [1.165, 1.54) is 31.4 Å². The molecule has 0 aromatic heterocycles. The van der Waals surface area contributed by atoms with Gasteiger partial charge in [-0.3, -0.25) is 9.59 Å². The highest BCUT2D eigenvalue weighted by atomic mass is 16.5. The largest absolute Gasteiger partial charge is 0.494 e. The van der Waals surface area contributed by atoms with Crippen LogP contribution in [0.2, 0.25) is 0 Å². The van der Waals surface area contributed by atoms with Crippen LogP contribution in [0, 0.1) is 0 Å². The third kappa shape index (κ3) is 5.48. The lowest BCUT2D eigenvalue weighted by atomic mass is 10.1. The quantitative estimate of drug-likeness (QED) is 0.556. The monoisotopic (exact) mass is 418 g/mol. The van der Waals surface area contributed by atoms with Crippen molar-refractivity contribution in [1.29, 1.82) is 0 Å². The molecule has 0 aliphatic carbocycles. The molecule has 0 unspecified atom stereocenters. The van der Waals surface area contributed by atoms with E-state index in [9.17, 15) is 14.4 Å². The summed E-state index contributed by atoms with van der Waals surface area (Å²) in [6, 6.07) is 19.8. The number of amides is 2. The van der Waals surface area contributed by atoms with Crippen LogP contribution in [0.4, 0.5) is 11.4 Å². The molecule has 0 aliphatic rings. The average Bonchev–Trinajstić information content (AvgIpc) is 2.80. The molecule has 0 saturated heterocycles. The Bertz CT molecular complexity index is 1080. The number of hydrogen-bond acceptors (Lipinski definition) is 5. The van der Waals surface area contributed by atoms with E-state index >= 15 is 0 Å². The van der Waals surface area contributed by atoms with Gasteiger partial charge < -0.3 is 20.1 Å². The van der Waals surface area contributed by atoms with Gasteiger partial charge in [-0.05, 0) is 67.6 Å². The Balaban J connectivity index is 1.72. The second kappa shape index (κ2) is 10.1. The van der Waals surface area contributed by atoms with Crippen molar-refractivity contribution < 1.29 is 23.9 Å². The van der Waals surface area contributed by atoms with Crippen LogP contribution in [0.5, 0.6) is 5.75 Å². The molecule has 0 bridgehead atoms. The summed E-state index contributed by atoms with van der Waals surface area (Å²) in [7, 11) is 1.29. The number of hydrogen-bond donors (Lipinski definition) is 2. The molecule has 3 rings (SSSR count). The third-order valence-corrected chi connectivity index (χ3v) is 4.41. The minimum Gasteiger partial charge on any atom is -0.494 e. The summed E-state index contributed by atoms with van der Waals surface area (Å²) in [6.07, 6.45) is 0. The van der Waals surface area contributed by atoms with Crippen LogP contribution in [0.25, 0.3) is 0 Å². The molecule has 0 saturated carbocycles. The molecule has 0 spiro atoms. The number of carbonyl (C=O) groups excluding carboxylic acids is 3. The van der Waals surface area contributed by atoms with E-state index < -0.39 is 11.9 Å². The van der Waals surface area contributed by atoms with Crippen LogP contribution in [-0.4, -0.2) is 31.5 Å². The van der Waals surface area contributed by atoms with E-state index in [2.05, 4.69) is 15.4 Å². The van der Waals surface area contributed by atoms with Gasteiger partial charge in [0.1, 0.15) is 5.75 Å². The summed E-state index contributed by atoms with van der Waals surface area (Å²) in [4.78, 5) is 36.9. The minimum absolute atomic E-state index is 0.316. The zero-order chi connectivity index (χ0) is 22.2. The summed E-state index contributed by atoms with van der Waals surface area (Å²) in [5.41, 5.74) is 1.97. The number of rotatable bonds is 7. The lowest BCUT2D eigenvalue weighted by molar-refractivity contribution is 0.0600. The Morgan fingerprint density at radius 2 is 1.42 bits per heavy atom. The second-order valence-electron chi connectivity index (χ2n) is 6.48. The van der Waals surface area contributed by atoms with E-state index in [1.54, 1.807) is 48.5 Å². The van der Waals surface area contributed by atoms with Gasteiger partial charge in [0, 0.05) is 11.3 Å². The zero-order valence-electron chi connectivity index (χ0n) is 17.2. The van der Waals surface area contributed by atoms with Gasteiger partial charge in [0.2, 0.25) is 0 Å². The molecule has 0 heterocycles. The number of para-hydroxylation sites is 1. The summed E-state index contributed by atoms with van der Waals surface area (Å²) in [6.45, 7) is 2.46. The van der Waals surface area contributed by atoms with E-state index in [0.29, 0.717) is 40.4 Å². The van der Waals surface area contributed by atoms with Crippen molar-refractivity contribution in [2.24, 2.45) is 0 Å². The molecule has 7 nitrogen and oxygen atoms in total. The lowest BCUT2D eigenvalue weighted by Crippen LogP contribution is -2.18. The van der Waals surface area contributed by atoms with Crippen LogP contribution in [0.1, 0.15) is 38.0 Å². The highest BCUT2D eigenvalue weighted by molar-refractivity contribution is 6.12. The predicted octanol–water partition coefficient (Wildman–Crippen LogP) is 4.38. The van der Waals surface area contributed by atoms with Gasteiger partial charge in [-0.2, -0.15) is 0 Å². The maximum Gasteiger partial charge on any atom is 0.337 e. The highest BCUT2D eigenvalue weighted by Crippen LogP contribution is 2.20. The first kappa shape index (κ1) is 21.6. The maximum atomic E-state index is 12.8. The predicted molar refractivity (Wildman–Crippen MR) is 118 cm³/mol. The second-order valence-corrected chi connectivity index (χ2v) is 6.48. The van der Waals surface area contributed by atoms with Gasteiger partial charge >= 0.3 is 5.97 Å². The molecule has 2 N–H and O–H groups in total. The summed E-state index contributed by atoms with van der Waals surface area (Å²) in [5.74, 6) is -0.534. The highest BCUT2D eigenvalue weighted by Gasteiger charge is 2.15. The summed E-state index contributed by atoms with van der Waals surface area (Å²) < 4.78 is 10.0. The number of nitrogens with one attached hydrogen (secondary N) is 2. The van der Waals surface area contributed by atoms with Crippen molar-refractivity contribution >= 4 is 29.2 Å². The average molecular weight is 418 g/mol. The fourth-order valence-corrected chi connectivity index (χ4v) is 2.86. The molecule has 2 amide bonds. The fourth-order valence-electron chi connectivity index (χ4n) is 2.86. The standard InChI is InChI=1S/C24H22N2O5/c1-3-31-19-14-12-18(13-15-19)25-23(28)20-6-4-5-7-21(20)26-22(27)16-8-10-17(11-9-16)24(29)30-2/h4-15H,3H2,1-2H3,(H,25,28)(H,26,27). The van der Waals surface area contributed by atoms with Crippen molar-refractivity contribution in [1.82, 2.24) is 0 Å².